The monoisotopic (exact) mass is 865 g/mol. The van der Waals surface area contributed by atoms with E-state index < -0.39 is 84.7 Å². The highest BCUT2D eigenvalue weighted by Gasteiger charge is 2.66. The van der Waals surface area contributed by atoms with E-state index in [1.165, 1.54) is 5.57 Å². The Morgan fingerprint density at radius 2 is 1.41 bits per heavy atom. The molecule has 0 aromatic heterocycles. The van der Waals surface area contributed by atoms with Crippen molar-refractivity contribution in [1.29, 1.82) is 0 Å². The molecule has 0 radical (unpaired) electrons. The number of carbonyl (C=O) groups excluding carboxylic acids is 4. The van der Waals surface area contributed by atoms with Gasteiger partial charge in [-0.25, -0.2) is 22.5 Å². The Morgan fingerprint density at radius 1 is 0.754 bits per heavy atom. The van der Waals surface area contributed by atoms with Gasteiger partial charge in [0.25, 0.3) is 0 Å². The topological polar surface area (TPSA) is 340 Å². The average molecular weight is 866 g/mol. The summed E-state index contributed by atoms with van der Waals surface area (Å²) < 4.78 is 24.7. The second-order valence-electron chi connectivity index (χ2n) is 19.0. The van der Waals surface area contributed by atoms with Gasteiger partial charge in [-0.1, -0.05) is 43.6 Å². The lowest BCUT2D eigenvalue weighted by Gasteiger charge is -2.65. The third-order valence-electron chi connectivity index (χ3n) is 16.3. The van der Waals surface area contributed by atoms with E-state index in [4.69, 9.17) is 62.9 Å². The quantitative estimate of drug-likeness (QED) is 0.0793. The molecule has 11 unspecified atom stereocenters. The van der Waals surface area contributed by atoms with Crippen molar-refractivity contribution in [2.75, 3.05) is 0 Å². The van der Waals surface area contributed by atoms with Crippen LogP contribution in [0.25, 0.3) is 0 Å². The fourth-order valence-electron chi connectivity index (χ4n) is 13.3. The number of carbonyl (C=O) groups is 4. The van der Waals surface area contributed by atoms with Gasteiger partial charge in [0.15, 0.2) is 42.8 Å². The predicted octanol–water partition coefficient (Wildman–Crippen LogP) is 1.10. The van der Waals surface area contributed by atoms with Gasteiger partial charge in [0.1, 0.15) is 30.5 Å². The Kier molecular flexibility index (Phi) is 13.3. The number of hydrogen-bond donors (Lipinski definition) is 5. The molecular weight excluding hydrogens is 806 g/mol. The van der Waals surface area contributed by atoms with Gasteiger partial charge in [-0.15, -0.1) is 0 Å². The summed E-state index contributed by atoms with van der Waals surface area (Å²) in [6.45, 7) is 8.83. The van der Waals surface area contributed by atoms with E-state index in [1.807, 2.05) is 6.08 Å². The molecule has 22 heteroatoms. The summed E-state index contributed by atoms with van der Waals surface area (Å²) in [5, 5.41) is 5.87. The maximum atomic E-state index is 14.7. The molecule has 0 aromatic rings. The van der Waals surface area contributed by atoms with Crippen molar-refractivity contribution in [2.24, 2.45) is 91.6 Å². The van der Waals surface area contributed by atoms with Gasteiger partial charge in [0.2, 0.25) is 0 Å². The van der Waals surface area contributed by atoms with E-state index in [0.29, 0.717) is 32.0 Å². The number of allylic oxidation sites excluding steroid dienone is 2. The molecule has 0 amide bonds. The van der Waals surface area contributed by atoms with Crippen molar-refractivity contribution in [3.63, 3.8) is 0 Å². The Morgan fingerprint density at radius 3 is 2.03 bits per heavy atom. The maximum Gasteiger partial charge on any atom is 0.356 e. The Labute approximate surface area is 351 Å². The molecule has 22 nitrogen and oxygen atoms in total. The fraction of sp³-hybridized carbons (Fsp3) is 0.846. The molecule has 10 N–H and O–H groups in total. The van der Waals surface area contributed by atoms with Crippen LogP contribution >= 0.6 is 0 Å². The highest BCUT2D eigenvalue weighted by atomic mass is 16.8. The normalized spacial score (nSPS) is 48.2. The number of aldehydes is 1. The molecule has 2 saturated heterocycles. The lowest BCUT2D eigenvalue weighted by atomic mass is 9.38. The minimum Gasteiger partial charge on any atom is -0.373 e. The smallest absolute Gasteiger partial charge is 0.356 e. The second-order valence-corrected chi connectivity index (χ2v) is 19.0. The van der Waals surface area contributed by atoms with Crippen molar-refractivity contribution in [1.82, 2.24) is 0 Å². The van der Waals surface area contributed by atoms with Crippen LogP contribution in [0, 0.1) is 61.6 Å². The third kappa shape index (κ3) is 7.48. The summed E-state index contributed by atoms with van der Waals surface area (Å²) >= 11 is 0. The van der Waals surface area contributed by atoms with Crippen LogP contribution in [0.4, 0.5) is 0 Å². The first-order valence-electron chi connectivity index (χ1n) is 21.0. The zero-order chi connectivity index (χ0) is 44.2. The highest BCUT2D eigenvalue weighted by Crippen LogP contribution is 2.69. The van der Waals surface area contributed by atoms with Gasteiger partial charge in [0, 0.05) is 5.92 Å². The lowest BCUT2D eigenvalue weighted by Crippen LogP contribution is -2.67. The summed E-state index contributed by atoms with van der Waals surface area (Å²) in [7, 11) is 0. The van der Waals surface area contributed by atoms with Crippen molar-refractivity contribution in [2.45, 2.75) is 153 Å². The van der Waals surface area contributed by atoms with Crippen LogP contribution in [-0.4, -0.2) is 91.4 Å². The number of fused-ring (bicyclic) bond motifs is 7. The summed E-state index contributed by atoms with van der Waals surface area (Å²) in [5.74, 6) is 25.1. The summed E-state index contributed by atoms with van der Waals surface area (Å²) in [5.41, 5.74) is 0.429. The van der Waals surface area contributed by atoms with Crippen LogP contribution in [0.15, 0.2) is 22.0 Å². The SMILES string of the molecule is C[C@H]1C(O[C@@H]2OC(C=O)[C@@H](ON)C(ON)C2O[C@@H]2OC(C(=O)ON)[C@@H](ON)C(N=O)C2N=O)CC[C@@]2(C)C1CC[C@@]1(C)C3CC[C@@]4(C)CC[C@H](C(=O)ON)CC4C3=CC(=O)C12. The first kappa shape index (κ1) is 45.8. The Balaban J connectivity index is 1.15. The maximum absolute atomic E-state index is 14.7. The molecular formula is C39H59N7O15. The van der Waals surface area contributed by atoms with E-state index in [2.05, 4.69) is 47.7 Å². The molecule has 0 bridgehead atoms. The van der Waals surface area contributed by atoms with Crippen LogP contribution in [-0.2, 0) is 62.3 Å². The fourth-order valence-corrected chi connectivity index (χ4v) is 13.3. The lowest BCUT2D eigenvalue weighted by molar-refractivity contribution is -0.359. The largest absolute Gasteiger partial charge is 0.373 e. The van der Waals surface area contributed by atoms with Crippen LogP contribution < -0.4 is 29.5 Å². The van der Waals surface area contributed by atoms with Crippen LogP contribution in [0.1, 0.15) is 85.5 Å². The summed E-state index contributed by atoms with van der Waals surface area (Å²) in [6.07, 6.45) is -3.87. The van der Waals surface area contributed by atoms with Crippen molar-refractivity contribution in [3.05, 3.63) is 21.5 Å². The molecule has 5 aliphatic carbocycles. The number of nitroso groups, excluding NO2 is 2. The number of ether oxygens (including phenoxy) is 4. The Bertz CT molecular complexity index is 1740. The molecule has 4 saturated carbocycles. The third-order valence-corrected chi connectivity index (χ3v) is 16.3. The molecule has 7 aliphatic rings. The van der Waals surface area contributed by atoms with Crippen molar-refractivity contribution < 1.29 is 62.3 Å². The molecule has 20 atom stereocenters. The first-order chi connectivity index (χ1) is 29.1. The minimum absolute atomic E-state index is 0.0156. The van der Waals surface area contributed by atoms with Gasteiger partial charge in [-0.2, -0.15) is 21.6 Å². The predicted molar refractivity (Wildman–Crippen MR) is 206 cm³/mol. The molecule has 340 valence electrons. The molecule has 6 fully saturated rings. The van der Waals surface area contributed by atoms with Gasteiger partial charge in [-0.3, -0.25) is 24.1 Å². The van der Waals surface area contributed by atoms with E-state index >= 15 is 0 Å². The van der Waals surface area contributed by atoms with E-state index in [0.717, 1.165) is 32.1 Å². The molecule has 2 heterocycles. The zero-order valence-corrected chi connectivity index (χ0v) is 34.7. The van der Waals surface area contributed by atoms with Crippen LogP contribution in [0.3, 0.4) is 0 Å². The van der Waals surface area contributed by atoms with E-state index in [1.54, 1.807) is 0 Å². The zero-order valence-electron chi connectivity index (χ0n) is 34.7. The summed E-state index contributed by atoms with van der Waals surface area (Å²) in [4.78, 5) is 101. The first-order valence-corrected chi connectivity index (χ1v) is 21.0. The van der Waals surface area contributed by atoms with E-state index in [-0.39, 0.29) is 52.1 Å². The number of nitrogens with two attached hydrogens (primary N) is 5. The molecule has 2 aliphatic heterocycles. The average Bonchev–Trinajstić information content (AvgIpc) is 3.25. The number of nitrogens with zero attached hydrogens (tertiary/aromatic N) is 2. The molecule has 7 rings (SSSR count). The second kappa shape index (κ2) is 17.7. The van der Waals surface area contributed by atoms with E-state index in [9.17, 15) is 29.0 Å². The highest BCUT2D eigenvalue weighted by molar-refractivity contribution is 5.95. The standard InChI is InChI=1S/C39H59N7O15/c1-16-19-7-11-39(4)20-6-10-37(2)9-5-17(33(49)60-43)13-21(37)18(20)14-22(48)32(39)38(19,3)12-8-23(16)53-36-31(29(59-42)27(57-40)24(15-47)54-36)56-35-26(46-52)25(45-51)28(58-41)30(55-35)34(50)61-44/h14-17,19-21,23-32,35-36H,5-13,40-44H2,1-4H3/t16-,17+,19?,20?,21?,23?,24?,25?,26?,27-,28+,29?,30?,31?,32?,35+,36-,37-,38+,39+/m1/s1. The summed E-state index contributed by atoms with van der Waals surface area (Å²) in [6, 6.07) is -3.49. The molecule has 61 heavy (non-hydrogen) atoms. The number of rotatable bonds is 12. The van der Waals surface area contributed by atoms with Gasteiger partial charge >= 0.3 is 11.9 Å². The number of hydrogen-bond acceptors (Lipinski definition) is 22. The molecule has 0 spiro atoms. The van der Waals surface area contributed by atoms with Gasteiger partial charge < -0.3 is 33.4 Å². The number of ketones is 1. The van der Waals surface area contributed by atoms with Crippen molar-refractivity contribution in [3.8, 4) is 0 Å². The Hall–Kier alpha value is -3.26. The van der Waals surface area contributed by atoms with Gasteiger partial charge in [0.05, 0.1) is 12.0 Å². The minimum atomic E-state index is -1.86. The molecule has 0 aromatic carbocycles. The van der Waals surface area contributed by atoms with Crippen LogP contribution in [0.5, 0.6) is 0 Å². The van der Waals surface area contributed by atoms with Gasteiger partial charge in [-0.05, 0) is 104 Å². The van der Waals surface area contributed by atoms with Crippen molar-refractivity contribution >= 4 is 24.0 Å². The van der Waals surface area contributed by atoms with Crippen LogP contribution in [0.2, 0.25) is 0 Å².